The van der Waals surface area contributed by atoms with Gasteiger partial charge in [-0.3, -0.25) is 4.79 Å². The second kappa shape index (κ2) is 5.32. The van der Waals surface area contributed by atoms with Gasteiger partial charge in [-0.15, -0.1) is 5.73 Å². The molecule has 0 radical (unpaired) electrons. The third-order valence-corrected chi connectivity index (χ3v) is 5.23. The Morgan fingerprint density at radius 2 is 2.29 bits per heavy atom. The number of nitrogens with zero attached hydrogens (tertiary/aromatic N) is 1. The fourth-order valence-electron chi connectivity index (χ4n) is 3.50. The Bertz CT molecular complexity index is 576. The van der Waals surface area contributed by atoms with Crippen LogP contribution in [0.2, 0.25) is 0 Å². The quantitative estimate of drug-likeness (QED) is 0.810. The Balaban J connectivity index is 1.91. The zero-order valence-electron chi connectivity index (χ0n) is 12.9. The Kier molecular flexibility index (Phi) is 3.64. The average Bonchev–Trinajstić information content (AvgIpc) is 3.31. The average molecular weight is 284 g/mol. The maximum Gasteiger partial charge on any atom is 0.240 e. The molecule has 112 valence electrons. The van der Waals surface area contributed by atoms with Crippen LogP contribution in [0.4, 0.5) is 0 Å². The van der Waals surface area contributed by atoms with E-state index in [0.717, 1.165) is 32.1 Å². The lowest BCUT2D eigenvalue weighted by atomic mass is 9.76. The van der Waals surface area contributed by atoms with Gasteiger partial charge in [0.1, 0.15) is 0 Å². The standard InChI is InChI=1S/C18H24N2O/c1-18(20(2)17(21)16(19)14-10-11-14)12-6-8-13-7-4-3-5-9-15(13)18/h3,5,7,9,14,16H,6,8,10-12,19H2,1-2H3. The first kappa shape index (κ1) is 14.4. The van der Waals surface area contributed by atoms with Crippen LogP contribution in [-0.4, -0.2) is 29.4 Å². The van der Waals surface area contributed by atoms with Crippen LogP contribution in [-0.2, 0) is 4.79 Å². The highest BCUT2D eigenvalue weighted by Crippen LogP contribution is 2.40. The van der Waals surface area contributed by atoms with Gasteiger partial charge >= 0.3 is 0 Å². The summed E-state index contributed by atoms with van der Waals surface area (Å²) in [6, 6.07) is -0.332. The van der Waals surface area contributed by atoms with E-state index in [1.807, 2.05) is 24.1 Å². The first-order valence-electron chi connectivity index (χ1n) is 7.90. The Morgan fingerprint density at radius 3 is 3.00 bits per heavy atom. The van der Waals surface area contributed by atoms with Crippen molar-refractivity contribution in [3.05, 3.63) is 41.2 Å². The molecule has 3 aliphatic carbocycles. The highest BCUT2D eigenvalue weighted by molar-refractivity contribution is 5.83. The van der Waals surface area contributed by atoms with Crippen molar-refractivity contribution in [1.82, 2.24) is 4.90 Å². The molecule has 3 rings (SSSR count). The Labute approximate surface area is 126 Å². The Morgan fingerprint density at radius 1 is 1.52 bits per heavy atom. The summed E-state index contributed by atoms with van der Waals surface area (Å²) in [5.41, 5.74) is 11.6. The fourth-order valence-corrected chi connectivity index (χ4v) is 3.50. The van der Waals surface area contributed by atoms with Gasteiger partial charge in [0, 0.05) is 7.05 Å². The molecule has 0 heterocycles. The van der Waals surface area contributed by atoms with E-state index in [9.17, 15) is 4.79 Å². The molecule has 2 N–H and O–H groups in total. The SMILES string of the molecule is CN(C(=O)C(N)C1CC1)C1(C)CCCC2=C1C=CC=C=C2. The first-order valence-corrected chi connectivity index (χ1v) is 7.90. The summed E-state index contributed by atoms with van der Waals surface area (Å²) in [6.07, 6.45) is 13.5. The molecule has 0 bridgehead atoms. The molecule has 1 fully saturated rings. The molecule has 3 aliphatic rings. The maximum absolute atomic E-state index is 12.7. The molecular formula is C18H24N2O. The van der Waals surface area contributed by atoms with Gasteiger partial charge < -0.3 is 10.6 Å². The number of allylic oxidation sites excluding steroid dienone is 3. The van der Waals surface area contributed by atoms with E-state index in [0.29, 0.717) is 5.92 Å². The van der Waals surface area contributed by atoms with E-state index >= 15 is 0 Å². The number of rotatable bonds is 3. The molecule has 3 heteroatoms. The van der Waals surface area contributed by atoms with Crippen LogP contribution >= 0.6 is 0 Å². The lowest BCUT2D eigenvalue weighted by Gasteiger charge is -2.44. The predicted molar refractivity (Wildman–Crippen MR) is 84.5 cm³/mol. The highest BCUT2D eigenvalue weighted by atomic mass is 16.2. The smallest absolute Gasteiger partial charge is 0.240 e. The molecule has 0 aromatic rings. The number of nitrogens with two attached hydrogens (primary N) is 1. The first-order chi connectivity index (χ1) is 10.0. The fraction of sp³-hybridized carbons (Fsp3) is 0.556. The number of hydrogen-bond donors (Lipinski definition) is 1. The van der Waals surface area contributed by atoms with Crippen LogP contribution in [0.25, 0.3) is 0 Å². The van der Waals surface area contributed by atoms with Crippen molar-refractivity contribution < 1.29 is 4.79 Å². The van der Waals surface area contributed by atoms with Gasteiger partial charge in [0.15, 0.2) is 0 Å². The van der Waals surface area contributed by atoms with Crippen LogP contribution in [0.15, 0.2) is 41.2 Å². The second-order valence-corrected chi connectivity index (χ2v) is 6.66. The number of likely N-dealkylation sites (N-methyl/N-ethyl adjacent to an activating group) is 1. The van der Waals surface area contributed by atoms with Crippen LogP contribution in [0.3, 0.4) is 0 Å². The molecule has 1 saturated carbocycles. The maximum atomic E-state index is 12.7. The van der Waals surface area contributed by atoms with Crippen molar-refractivity contribution in [2.75, 3.05) is 7.05 Å². The summed E-state index contributed by atoms with van der Waals surface area (Å²) in [4.78, 5) is 14.6. The van der Waals surface area contributed by atoms with Gasteiger partial charge in [-0.2, -0.15) is 0 Å². The zero-order chi connectivity index (χ0) is 15.0. The number of carbonyl (C=O) groups excluding carboxylic acids is 1. The molecule has 3 nitrogen and oxygen atoms in total. The van der Waals surface area contributed by atoms with Crippen LogP contribution < -0.4 is 5.73 Å². The summed E-state index contributed by atoms with van der Waals surface area (Å²) < 4.78 is 0. The minimum absolute atomic E-state index is 0.0864. The van der Waals surface area contributed by atoms with Crippen LogP contribution in [0.1, 0.15) is 39.0 Å². The molecule has 1 amide bonds. The highest BCUT2D eigenvalue weighted by Gasteiger charge is 2.43. The minimum Gasteiger partial charge on any atom is -0.335 e. The van der Waals surface area contributed by atoms with Crippen molar-refractivity contribution in [3.63, 3.8) is 0 Å². The van der Waals surface area contributed by atoms with Crippen molar-refractivity contribution in [3.8, 4) is 0 Å². The van der Waals surface area contributed by atoms with Gasteiger partial charge in [-0.05, 0) is 68.2 Å². The van der Waals surface area contributed by atoms with Gasteiger partial charge in [-0.1, -0.05) is 12.2 Å². The lowest BCUT2D eigenvalue weighted by Crippen LogP contribution is -2.55. The van der Waals surface area contributed by atoms with E-state index in [1.165, 1.54) is 11.1 Å². The van der Waals surface area contributed by atoms with E-state index < -0.39 is 0 Å². The monoisotopic (exact) mass is 284 g/mol. The van der Waals surface area contributed by atoms with Crippen molar-refractivity contribution >= 4 is 5.91 Å². The molecule has 0 aromatic heterocycles. The molecule has 0 spiro atoms. The molecule has 2 atom stereocenters. The molecule has 0 aliphatic heterocycles. The third kappa shape index (κ3) is 2.52. The number of hydrogen-bond acceptors (Lipinski definition) is 2. The minimum atomic E-state index is -0.332. The van der Waals surface area contributed by atoms with E-state index in [2.05, 4.69) is 24.8 Å². The number of carbonyl (C=O) groups is 1. The molecule has 21 heavy (non-hydrogen) atoms. The summed E-state index contributed by atoms with van der Waals surface area (Å²) in [5, 5.41) is 0. The summed E-state index contributed by atoms with van der Waals surface area (Å²) in [7, 11) is 1.91. The third-order valence-electron chi connectivity index (χ3n) is 5.23. The van der Waals surface area contributed by atoms with Gasteiger partial charge in [-0.25, -0.2) is 0 Å². The number of amides is 1. The van der Waals surface area contributed by atoms with Crippen LogP contribution in [0, 0.1) is 5.92 Å². The topological polar surface area (TPSA) is 46.3 Å². The summed E-state index contributed by atoms with van der Waals surface area (Å²) >= 11 is 0. The van der Waals surface area contributed by atoms with Crippen molar-refractivity contribution in [2.45, 2.75) is 50.6 Å². The second-order valence-electron chi connectivity index (χ2n) is 6.66. The summed E-state index contributed by atoms with van der Waals surface area (Å²) in [6.45, 7) is 2.17. The van der Waals surface area contributed by atoms with Gasteiger partial charge in [0.2, 0.25) is 5.91 Å². The largest absolute Gasteiger partial charge is 0.335 e. The van der Waals surface area contributed by atoms with E-state index in [-0.39, 0.29) is 17.5 Å². The van der Waals surface area contributed by atoms with Gasteiger partial charge in [0.25, 0.3) is 0 Å². The van der Waals surface area contributed by atoms with Crippen molar-refractivity contribution in [2.24, 2.45) is 11.7 Å². The molecule has 0 saturated heterocycles. The molecule has 2 unspecified atom stereocenters. The zero-order valence-corrected chi connectivity index (χ0v) is 12.9. The van der Waals surface area contributed by atoms with E-state index in [4.69, 9.17) is 5.73 Å². The molecule has 0 aromatic carbocycles. The Hall–Kier alpha value is -1.57. The summed E-state index contributed by atoms with van der Waals surface area (Å²) in [5.74, 6) is 0.482. The normalized spacial score (nSPS) is 29.1. The molecular weight excluding hydrogens is 260 g/mol. The van der Waals surface area contributed by atoms with Crippen LogP contribution in [0.5, 0.6) is 0 Å². The van der Waals surface area contributed by atoms with E-state index in [1.54, 1.807) is 0 Å². The predicted octanol–water partition coefficient (Wildman–Crippen LogP) is 2.70. The lowest BCUT2D eigenvalue weighted by molar-refractivity contribution is -0.136. The van der Waals surface area contributed by atoms with Crippen molar-refractivity contribution in [1.29, 1.82) is 0 Å². The van der Waals surface area contributed by atoms with Gasteiger partial charge in [0.05, 0.1) is 11.6 Å².